The third kappa shape index (κ3) is 2.43. The summed E-state index contributed by atoms with van der Waals surface area (Å²) < 4.78 is 7.34. The second-order valence-electron chi connectivity index (χ2n) is 3.96. The topological polar surface area (TPSA) is 35.0 Å². The molecular weight excluding hydrogens is 276 g/mol. The molecule has 0 aliphatic carbocycles. The van der Waals surface area contributed by atoms with Crippen LogP contribution in [-0.2, 0) is 0 Å². The first-order valence-corrected chi connectivity index (χ1v) is 7.79. The van der Waals surface area contributed by atoms with Crippen molar-refractivity contribution in [3.63, 3.8) is 0 Å². The standard InChI is InChI=1S/C14H12N2OS2/c1-17-11-5-3-9(4-6-11)10-7-12-13(15-8-10)16-14(18-2)19-12/h3-8H,1-2H3. The maximum atomic E-state index is 5.17. The summed E-state index contributed by atoms with van der Waals surface area (Å²) in [5.74, 6) is 0.861. The molecule has 0 bridgehead atoms. The molecule has 1 aromatic carbocycles. The molecule has 3 rings (SSSR count). The number of rotatable bonds is 3. The van der Waals surface area contributed by atoms with Crippen LogP contribution in [0.2, 0.25) is 0 Å². The van der Waals surface area contributed by atoms with E-state index in [4.69, 9.17) is 4.74 Å². The molecule has 0 fully saturated rings. The lowest BCUT2D eigenvalue weighted by Gasteiger charge is -2.03. The Bertz CT molecular complexity index is 707. The summed E-state index contributed by atoms with van der Waals surface area (Å²) in [6.07, 6.45) is 3.90. The van der Waals surface area contributed by atoms with Crippen molar-refractivity contribution in [3.8, 4) is 16.9 Å². The first-order valence-electron chi connectivity index (χ1n) is 5.75. The summed E-state index contributed by atoms with van der Waals surface area (Å²) in [5, 5.41) is 0. The molecule has 0 atom stereocenters. The summed E-state index contributed by atoms with van der Waals surface area (Å²) in [6, 6.07) is 10.1. The van der Waals surface area contributed by atoms with Gasteiger partial charge in [0, 0.05) is 11.8 Å². The second kappa shape index (κ2) is 5.19. The Balaban J connectivity index is 2.03. The van der Waals surface area contributed by atoms with E-state index in [1.807, 2.05) is 36.7 Å². The van der Waals surface area contributed by atoms with Crippen LogP contribution in [0.25, 0.3) is 21.5 Å². The fourth-order valence-electron chi connectivity index (χ4n) is 1.83. The number of pyridine rings is 1. The zero-order valence-electron chi connectivity index (χ0n) is 10.6. The highest BCUT2D eigenvalue weighted by molar-refractivity contribution is 8.00. The summed E-state index contributed by atoms with van der Waals surface area (Å²) in [6.45, 7) is 0. The number of thiazole rings is 1. The highest BCUT2D eigenvalue weighted by atomic mass is 32.2. The Labute approximate surface area is 119 Å². The molecule has 5 heteroatoms. The molecule has 2 aromatic heterocycles. The van der Waals surface area contributed by atoms with Gasteiger partial charge in [0.25, 0.3) is 0 Å². The Morgan fingerprint density at radius 3 is 2.63 bits per heavy atom. The predicted octanol–water partition coefficient (Wildman–Crippen LogP) is 4.09. The van der Waals surface area contributed by atoms with Crippen molar-refractivity contribution in [2.24, 2.45) is 0 Å². The number of ether oxygens (including phenoxy) is 1. The molecule has 0 aliphatic rings. The van der Waals surface area contributed by atoms with Crippen molar-refractivity contribution in [1.82, 2.24) is 9.97 Å². The Morgan fingerprint density at radius 2 is 1.95 bits per heavy atom. The number of nitrogens with zero attached hydrogens (tertiary/aromatic N) is 2. The van der Waals surface area contributed by atoms with E-state index >= 15 is 0 Å². The molecule has 0 amide bonds. The van der Waals surface area contributed by atoms with E-state index in [0.29, 0.717) is 0 Å². The van der Waals surface area contributed by atoms with Crippen LogP contribution in [0.15, 0.2) is 40.9 Å². The van der Waals surface area contributed by atoms with Crippen molar-refractivity contribution in [2.45, 2.75) is 4.34 Å². The second-order valence-corrected chi connectivity index (χ2v) is 6.04. The van der Waals surface area contributed by atoms with Gasteiger partial charge in [-0.1, -0.05) is 23.9 Å². The van der Waals surface area contributed by atoms with Gasteiger partial charge in [-0.3, -0.25) is 0 Å². The molecule has 0 saturated heterocycles. The van der Waals surface area contributed by atoms with Gasteiger partial charge in [-0.05, 0) is 30.0 Å². The van der Waals surface area contributed by atoms with Crippen molar-refractivity contribution in [1.29, 1.82) is 0 Å². The van der Waals surface area contributed by atoms with Crippen LogP contribution in [0.4, 0.5) is 0 Å². The highest BCUT2D eigenvalue weighted by Gasteiger charge is 2.06. The van der Waals surface area contributed by atoms with Crippen LogP contribution in [-0.4, -0.2) is 23.3 Å². The minimum atomic E-state index is 0.826. The van der Waals surface area contributed by atoms with Crippen molar-refractivity contribution < 1.29 is 4.74 Å². The van der Waals surface area contributed by atoms with Gasteiger partial charge in [-0.15, -0.1) is 11.3 Å². The number of thioether (sulfide) groups is 1. The van der Waals surface area contributed by atoms with E-state index in [9.17, 15) is 0 Å². The smallest absolute Gasteiger partial charge is 0.171 e. The molecule has 0 spiro atoms. The lowest BCUT2D eigenvalue weighted by molar-refractivity contribution is 0.415. The van der Waals surface area contributed by atoms with Crippen molar-refractivity contribution in [2.75, 3.05) is 13.4 Å². The number of benzene rings is 1. The Morgan fingerprint density at radius 1 is 1.16 bits per heavy atom. The first kappa shape index (κ1) is 12.4. The van der Waals surface area contributed by atoms with Gasteiger partial charge >= 0.3 is 0 Å². The number of aromatic nitrogens is 2. The van der Waals surface area contributed by atoms with Crippen LogP contribution < -0.4 is 4.74 Å². The van der Waals surface area contributed by atoms with Gasteiger partial charge in [0.15, 0.2) is 9.99 Å². The maximum absolute atomic E-state index is 5.17. The van der Waals surface area contributed by atoms with Crippen LogP contribution in [0.1, 0.15) is 0 Å². The van der Waals surface area contributed by atoms with Gasteiger partial charge in [-0.2, -0.15) is 0 Å². The minimum Gasteiger partial charge on any atom is -0.497 e. The molecule has 96 valence electrons. The van der Waals surface area contributed by atoms with Gasteiger partial charge in [0.1, 0.15) is 5.75 Å². The molecule has 0 saturated carbocycles. The lowest BCUT2D eigenvalue weighted by Crippen LogP contribution is -1.84. The molecule has 3 aromatic rings. The molecule has 0 aliphatic heterocycles. The van der Waals surface area contributed by atoms with Crippen LogP contribution in [0.3, 0.4) is 0 Å². The summed E-state index contributed by atoms with van der Waals surface area (Å²) in [5.41, 5.74) is 3.06. The van der Waals surface area contributed by atoms with Crippen LogP contribution in [0, 0.1) is 0 Å². The fraction of sp³-hybridized carbons (Fsp3) is 0.143. The molecular formula is C14H12N2OS2. The van der Waals surface area contributed by atoms with E-state index in [1.54, 1.807) is 30.2 Å². The zero-order chi connectivity index (χ0) is 13.2. The minimum absolute atomic E-state index is 0.826. The summed E-state index contributed by atoms with van der Waals surface area (Å²) >= 11 is 3.33. The lowest BCUT2D eigenvalue weighted by atomic mass is 10.1. The van der Waals surface area contributed by atoms with E-state index in [2.05, 4.69) is 16.0 Å². The van der Waals surface area contributed by atoms with E-state index in [-0.39, 0.29) is 0 Å². The Hall–Kier alpha value is -1.59. The van der Waals surface area contributed by atoms with E-state index in [1.165, 1.54) is 0 Å². The van der Waals surface area contributed by atoms with Crippen LogP contribution >= 0.6 is 23.1 Å². The molecule has 0 unspecified atom stereocenters. The Kier molecular flexibility index (Phi) is 3.40. The zero-order valence-corrected chi connectivity index (χ0v) is 12.2. The normalized spacial score (nSPS) is 10.8. The van der Waals surface area contributed by atoms with Gasteiger partial charge in [0.2, 0.25) is 0 Å². The average Bonchev–Trinajstić information content (AvgIpc) is 2.89. The van der Waals surface area contributed by atoms with E-state index in [0.717, 1.165) is 31.6 Å². The van der Waals surface area contributed by atoms with Gasteiger partial charge in [0.05, 0.1) is 11.8 Å². The monoisotopic (exact) mass is 288 g/mol. The van der Waals surface area contributed by atoms with Gasteiger partial charge in [-0.25, -0.2) is 9.97 Å². The maximum Gasteiger partial charge on any atom is 0.171 e. The number of hydrogen-bond donors (Lipinski definition) is 0. The fourth-order valence-corrected chi connectivity index (χ4v) is 3.30. The van der Waals surface area contributed by atoms with Crippen molar-refractivity contribution >= 4 is 33.4 Å². The third-order valence-corrected chi connectivity index (χ3v) is 4.80. The summed E-state index contributed by atoms with van der Waals surface area (Å²) in [7, 11) is 1.67. The van der Waals surface area contributed by atoms with E-state index < -0.39 is 0 Å². The third-order valence-electron chi connectivity index (χ3n) is 2.83. The summed E-state index contributed by atoms with van der Waals surface area (Å²) in [4.78, 5) is 8.87. The number of methoxy groups -OCH3 is 1. The molecule has 2 heterocycles. The first-order chi connectivity index (χ1) is 9.30. The molecule has 0 N–H and O–H groups in total. The molecule has 0 radical (unpaired) electrons. The largest absolute Gasteiger partial charge is 0.497 e. The van der Waals surface area contributed by atoms with Crippen LogP contribution in [0.5, 0.6) is 5.75 Å². The quantitative estimate of drug-likeness (QED) is 0.680. The number of fused-ring (bicyclic) bond motifs is 1. The predicted molar refractivity (Wildman–Crippen MR) is 81.2 cm³/mol. The molecule has 3 nitrogen and oxygen atoms in total. The molecule has 19 heavy (non-hydrogen) atoms. The SMILES string of the molecule is COc1ccc(-c2cnc3nc(SC)sc3c2)cc1. The van der Waals surface area contributed by atoms with Crippen molar-refractivity contribution in [3.05, 3.63) is 36.5 Å². The average molecular weight is 288 g/mol. The van der Waals surface area contributed by atoms with Gasteiger partial charge < -0.3 is 4.74 Å². The highest BCUT2D eigenvalue weighted by Crippen LogP contribution is 2.30. The number of hydrogen-bond acceptors (Lipinski definition) is 5.